The summed E-state index contributed by atoms with van der Waals surface area (Å²) in [6.07, 6.45) is 6.54. The van der Waals surface area contributed by atoms with Crippen molar-refractivity contribution in [3.05, 3.63) is 0 Å². The Bertz CT molecular complexity index is 2630. The highest BCUT2D eigenvalue weighted by Crippen LogP contribution is 2.25. The minimum absolute atomic E-state index is 0.0858. The number of hydrogen-bond acceptors (Lipinski definition) is 15. The van der Waals surface area contributed by atoms with E-state index in [0.717, 1.165) is 32.1 Å². The van der Waals surface area contributed by atoms with Crippen molar-refractivity contribution in [2.45, 2.75) is 303 Å². The molecule has 0 radical (unpaired) electrons. The number of likely N-dealkylation sites (tertiary alicyclic amines) is 1. The van der Waals surface area contributed by atoms with Gasteiger partial charge in [-0.05, 0) is 130 Å². The van der Waals surface area contributed by atoms with E-state index in [1.54, 1.807) is 20.8 Å². The fourth-order valence-electron chi connectivity index (χ4n) is 10.7. The molecular formula is C66H118N14O15. The summed E-state index contributed by atoms with van der Waals surface area (Å²) >= 11 is 0. The first kappa shape index (κ1) is 85.6. The number of carbonyl (C=O) groups excluding carboxylic acids is 14. The van der Waals surface area contributed by atoms with Gasteiger partial charge in [0.05, 0.1) is 12.6 Å². The Labute approximate surface area is 562 Å². The fraction of sp³-hybridized carbons (Fsp3) is 0.788. The molecule has 17 N–H and O–H groups in total. The van der Waals surface area contributed by atoms with Crippen molar-refractivity contribution in [2.24, 2.45) is 35.0 Å². The van der Waals surface area contributed by atoms with Crippen molar-refractivity contribution in [3.8, 4) is 0 Å². The molecule has 9 atom stereocenters. The second-order valence-corrected chi connectivity index (χ2v) is 28.2. The van der Waals surface area contributed by atoms with Crippen LogP contribution in [0.3, 0.4) is 0 Å². The van der Waals surface area contributed by atoms with E-state index in [1.165, 1.54) is 45.9 Å². The van der Waals surface area contributed by atoms with Crippen molar-refractivity contribution >= 4 is 82.7 Å². The van der Waals surface area contributed by atoms with Crippen LogP contribution in [0.15, 0.2) is 0 Å². The van der Waals surface area contributed by atoms with Gasteiger partial charge in [0.25, 0.3) is 0 Å². The Kier molecular flexibility index (Phi) is 36.8. The molecule has 14 amide bonds. The first-order valence-electron chi connectivity index (χ1n) is 34.0. The Hall–Kier alpha value is -7.46. The number of aliphatic hydroxyl groups excluding tert-OH is 1. The molecule has 1 heterocycles. The van der Waals surface area contributed by atoms with Gasteiger partial charge in [0, 0.05) is 32.2 Å². The second-order valence-electron chi connectivity index (χ2n) is 28.2. The van der Waals surface area contributed by atoms with Gasteiger partial charge in [-0.15, -0.1) is 0 Å². The zero-order valence-corrected chi connectivity index (χ0v) is 59.4. The SMILES string of the molecule is CCCCCCCCCC(=O)N[C@@](C)(CC)C(=O)N1CCC[C@H]1C(=O)N[C@@H](CC(C)C)C(=O)N[C@@](C)(CC)C(=O)N[C@@H](CCC(N)=O)C(=O)N[C@H](CCC(N)=O)C(=O)NC(C)(C)C(=O)NC(C)(C)C(=O)N[C@@H](CCC(N)=O)C(=O)N[C@H](CC(C)C)C(=O)N[C@H](CO)CC(C)C. The topological polar surface area (TPSA) is 461 Å². The number of nitrogens with two attached hydrogens (primary N) is 3. The van der Waals surface area contributed by atoms with Gasteiger partial charge in [0.1, 0.15) is 58.4 Å². The van der Waals surface area contributed by atoms with Crippen LogP contribution in [0.4, 0.5) is 0 Å². The number of hydrogen-bond donors (Lipinski definition) is 14. The number of nitrogens with zero attached hydrogens (tertiary/aromatic N) is 1. The van der Waals surface area contributed by atoms with E-state index < -0.39 is 167 Å². The van der Waals surface area contributed by atoms with Crippen LogP contribution in [0.1, 0.15) is 239 Å². The van der Waals surface area contributed by atoms with Crippen LogP contribution in [-0.2, 0) is 67.1 Å². The largest absolute Gasteiger partial charge is 0.394 e. The third-order valence-corrected chi connectivity index (χ3v) is 16.9. The molecule has 0 aromatic heterocycles. The highest BCUT2D eigenvalue weighted by atomic mass is 16.3. The molecule has 0 unspecified atom stereocenters. The van der Waals surface area contributed by atoms with Gasteiger partial charge >= 0.3 is 0 Å². The summed E-state index contributed by atoms with van der Waals surface area (Å²) in [4.78, 5) is 192. The van der Waals surface area contributed by atoms with E-state index in [2.05, 4.69) is 60.1 Å². The van der Waals surface area contributed by atoms with Crippen molar-refractivity contribution in [1.82, 2.24) is 58.1 Å². The highest BCUT2D eigenvalue weighted by molar-refractivity contribution is 6.01. The predicted molar refractivity (Wildman–Crippen MR) is 358 cm³/mol. The highest BCUT2D eigenvalue weighted by Gasteiger charge is 2.46. The lowest BCUT2D eigenvalue weighted by Gasteiger charge is -2.36. The first-order chi connectivity index (χ1) is 44.1. The molecule has 0 aliphatic carbocycles. The smallest absolute Gasteiger partial charge is 0.248 e. The molecule has 1 aliphatic heterocycles. The standard InChI is InChI=1S/C66H118N14O15/c1-16-19-20-21-22-23-24-27-52(85)76-66(15,18-3)62(95)80-34-25-26-48(80)58(91)73-47(37-41(8)9)57(90)78-65(14,17-2)61(94)75-44(29-32-50(68)83)53(86)71-45(30-33-51(69)84)56(89)77-64(12,13)60(93)79-63(10,11)59(92)74-43(28-31-49(67)82)54(87)72-46(36-40(6)7)55(88)70-42(38-81)35-39(4)5/h39-48,81H,16-38H2,1-15H3,(H2,67,82)(H2,68,83)(H2,69,84)(H,70,88)(H,71,86)(H,72,87)(H,73,91)(H,74,92)(H,75,94)(H,76,85)(H,77,89)(H,78,90)(H,79,93)/t42-,43-,44-,45+,46+,47-,48-,65-,66-/m0/s1. The maximum atomic E-state index is 14.4. The Morgan fingerprint density at radius 1 is 0.453 bits per heavy atom. The Morgan fingerprint density at radius 2 is 0.874 bits per heavy atom. The summed E-state index contributed by atoms with van der Waals surface area (Å²) in [5.74, 6) is -11.2. The molecule has 0 aromatic carbocycles. The summed E-state index contributed by atoms with van der Waals surface area (Å²) in [7, 11) is 0. The number of rotatable bonds is 46. The summed E-state index contributed by atoms with van der Waals surface area (Å²) in [5.41, 5.74) is 9.48. The van der Waals surface area contributed by atoms with Crippen LogP contribution in [-0.4, -0.2) is 170 Å². The molecule has 1 aliphatic rings. The van der Waals surface area contributed by atoms with Crippen molar-refractivity contribution < 1.29 is 72.2 Å². The van der Waals surface area contributed by atoms with E-state index in [-0.39, 0.29) is 88.2 Å². The average molecular weight is 1350 g/mol. The van der Waals surface area contributed by atoms with E-state index >= 15 is 0 Å². The third kappa shape index (κ3) is 30.4. The molecule has 0 bridgehead atoms. The summed E-state index contributed by atoms with van der Waals surface area (Å²) in [6.45, 7) is 24.6. The lowest BCUT2D eigenvalue weighted by atomic mass is 9.94. The minimum atomic E-state index is -1.92. The van der Waals surface area contributed by atoms with Crippen LogP contribution < -0.4 is 70.4 Å². The third-order valence-electron chi connectivity index (χ3n) is 16.9. The van der Waals surface area contributed by atoms with E-state index in [1.807, 2.05) is 41.5 Å². The van der Waals surface area contributed by atoms with Gasteiger partial charge in [-0.3, -0.25) is 67.1 Å². The van der Waals surface area contributed by atoms with Gasteiger partial charge in [-0.25, -0.2) is 0 Å². The second kappa shape index (κ2) is 40.8. The average Bonchev–Trinajstić information content (AvgIpc) is 1.84. The zero-order chi connectivity index (χ0) is 72.8. The molecule has 29 heteroatoms. The van der Waals surface area contributed by atoms with Crippen LogP contribution >= 0.6 is 0 Å². The molecule has 1 rings (SSSR count). The maximum absolute atomic E-state index is 14.4. The number of carbonyl (C=O) groups is 14. The Balaban J connectivity index is 3.42. The van der Waals surface area contributed by atoms with Crippen LogP contribution in [0.5, 0.6) is 0 Å². The summed E-state index contributed by atoms with van der Waals surface area (Å²) < 4.78 is 0. The number of nitrogens with one attached hydrogen (secondary N) is 10. The van der Waals surface area contributed by atoms with E-state index in [0.29, 0.717) is 19.3 Å². The van der Waals surface area contributed by atoms with Crippen molar-refractivity contribution in [2.75, 3.05) is 13.2 Å². The first-order valence-corrected chi connectivity index (χ1v) is 34.0. The van der Waals surface area contributed by atoms with Crippen LogP contribution in [0, 0.1) is 17.8 Å². The number of aliphatic hydroxyl groups is 1. The molecule has 0 aromatic rings. The van der Waals surface area contributed by atoms with Gasteiger partial charge in [0.15, 0.2) is 0 Å². The van der Waals surface area contributed by atoms with Crippen LogP contribution in [0.2, 0.25) is 0 Å². The zero-order valence-electron chi connectivity index (χ0n) is 59.4. The summed E-state index contributed by atoms with van der Waals surface area (Å²) in [6, 6.07) is -8.68. The lowest BCUT2D eigenvalue weighted by Crippen LogP contribution is -2.66. The van der Waals surface area contributed by atoms with Crippen molar-refractivity contribution in [3.63, 3.8) is 0 Å². The van der Waals surface area contributed by atoms with Gasteiger partial charge in [-0.2, -0.15) is 0 Å². The molecule has 0 saturated carbocycles. The van der Waals surface area contributed by atoms with Gasteiger partial charge in [-0.1, -0.05) is 101 Å². The van der Waals surface area contributed by atoms with E-state index in [9.17, 15) is 72.2 Å². The summed E-state index contributed by atoms with van der Waals surface area (Å²) in [5, 5.41) is 36.4. The molecule has 1 saturated heterocycles. The van der Waals surface area contributed by atoms with Crippen molar-refractivity contribution in [1.29, 1.82) is 0 Å². The molecule has 0 spiro atoms. The minimum Gasteiger partial charge on any atom is -0.394 e. The normalized spacial score (nSPS) is 16.5. The number of amides is 14. The Morgan fingerprint density at radius 3 is 1.34 bits per heavy atom. The quantitative estimate of drug-likeness (QED) is 0.0382. The molecular weight excluding hydrogens is 1230 g/mol. The van der Waals surface area contributed by atoms with Crippen LogP contribution in [0.25, 0.3) is 0 Å². The van der Waals surface area contributed by atoms with Gasteiger partial charge < -0.3 is 80.4 Å². The lowest BCUT2D eigenvalue weighted by molar-refractivity contribution is -0.146. The number of primary amides is 3. The molecule has 1 fully saturated rings. The monoisotopic (exact) mass is 1350 g/mol. The van der Waals surface area contributed by atoms with Gasteiger partial charge in [0.2, 0.25) is 82.7 Å². The van der Waals surface area contributed by atoms with E-state index in [4.69, 9.17) is 17.2 Å². The molecule has 95 heavy (non-hydrogen) atoms. The number of unbranched alkanes of at least 4 members (excludes halogenated alkanes) is 6. The fourth-order valence-corrected chi connectivity index (χ4v) is 10.7. The molecule has 542 valence electrons. The predicted octanol–water partition coefficient (Wildman–Crippen LogP) is 1.31. The molecule has 29 nitrogen and oxygen atoms in total. The maximum Gasteiger partial charge on any atom is 0.248 e.